The summed E-state index contributed by atoms with van der Waals surface area (Å²) in [6.07, 6.45) is 0. The average Bonchev–Trinajstić information content (AvgIpc) is 2.58. The fourth-order valence-corrected chi connectivity index (χ4v) is 4.51. The molecule has 1 aliphatic rings. The van der Waals surface area contributed by atoms with Crippen molar-refractivity contribution in [3.8, 4) is 0 Å². The maximum Gasteiger partial charge on any atom is 0.243 e. The van der Waals surface area contributed by atoms with E-state index in [0.717, 1.165) is 0 Å². The zero-order valence-corrected chi connectivity index (χ0v) is 16.8. The third kappa shape index (κ3) is 4.82. The molecule has 2 rings (SSSR count). The molecule has 1 fully saturated rings. The molecule has 1 saturated heterocycles. The number of hydrogen-bond acceptors (Lipinski definition) is 5. The summed E-state index contributed by atoms with van der Waals surface area (Å²) in [4.78, 5) is 14.7. The van der Waals surface area contributed by atoms with E-state index < -0.39 is 10.0 Å². The number of nitrogens with zero attached hydrogens (tertiary/aromatic N) is 2. The van der Waals surface area contributed by atoms with Crippen LogP contribution in [0, 0.1) is 0 Å². The third-order valence-electron chi connectivity index (χ3n) is 4.61. The van der Waals surface area contributed by atoms with Gasteiger partial charge >= 0.3 is 0 Å². The molecule has 0 atom stereocenters. The zero-order valence-electron chi connectivity index (χ0n) is 16.0. The van der Waals surface area contributed by atoms with Gasteiger partial charge in [-0.2, -0.15) is 4.31 Å². The number of anilines is 1. The molecule has 0 aromatic heterocycles. The van der Waals surface area contributed by atoms with Crippen LogP contribution in [-0.4, -0.2) is 68.5 Å². The van der Waals surface area contributed by atoms with Gasteiger partial charge in [0.1, 0.15) is 0 Å². The largest absolute Gasteiger partial charge is 0.378 e. The standard InChI is InChI=1S/C18H29N3O4S/c1-5-21(6-2)26(23,24)16-9-7-8-15(12-16)19-17(22)13-20-10-11-25-14-18(20,3)4/h7-9,12H,5-6,10-11,13-14H2,1-4H3,(H,19,22). The summed E-state index contributed by atoms with van der Waals surface area (Å²) in [6, 6.07) is 6.40. The minimum atomic E-state index is -3.55. The first-order valence-electron chi connectivity index (χ1n) is 8.93. The third-order valence-corrected chi connectivity index (χ3v) is 6.66. The van der Waals surface area contributed by atoms with Crippen LogP contribution in [0.1, 0.15) is 27.7 Å². The number of morpholine rings is 1. The van der Waals surface area contributed by atoms with Crippen molar-refractivity contribution in [3.05, 3.63) is 24.3 Å². The first kappa shape index (κ1) is 20.8. The molecule has 0 aliphatic carbocycles. The SMILES string of the molecule is CCN(CC)S(=O)(=O)c1cccc(NC(=O)CN2CCOCC2(C)C)c1. The lowest BCUT2D eigenvalue weighted by atomic mass is 10.0. The van der Waals surface area contributed by atoms with Crippen LogP contribution in [0.3, 0.4) is 0 Å². The summed E-state index contributed by atoms with van der Waals surface area (Å²) < 4.78 is 32.1. The van der Waals surface area contributed by atoms with Crippen molar-refractivity contribution < 1.29 is 17.9 Å². The highest BCUT2D eigenvalue weighted by atomic mass is 32.2. The predicted octanol–water partition coefficient (Wildman–Crippen LogP) is 1.77. The van der Waals surface area contributed by atoms with Gasteiger partial charge in [0.15, 0.2) is 0 Å². The Hall–Kier alpha value is -1.48. The Bertz CT molecular complexity index is 730. The molecule has 0 spiro atoms. The summed E-state index contributed by atoms with van der Waals surface area (Å²) >= 11 is 0. The molecule has 0 radical (unpaired) electrons. The van der Waals surface area contributed by atoms with E-state index in [4.69, 9.17) is 4.74 Å². The van der Waals surface area contributed by atoms with Crippen molar-refractivity contribution in [3.63, 3.8) is 0 Å². The molecule has 1 aromatic carbocycles. The number of hydrogen-bond donors (Lipinski definition) is 1. The monoisotopic (exact) mass is 383 g/mol. The topological polar surface area (TPSA) is 79.0 Å². The van der Waals surface area contributed by atoms with Gasteiger partial charge in [-0.25, -0.2) is 8.42 Å². The average molecular weight is 384 g/mol. The Morgan fingerprint density at radius 1 is 1.31 bits per heavy atom. The Kier molecular flexibility index (Phi) is 6.79. The highest BCUT2D eigenvalue weighted by Crippen LogP contribution is 2.21. The van der Waals surface area contributed by atoms with Crippen LogP contribution in [-0.2, 0) is 19.6 Å². The van der Waals surface area contributed by atoms with E-state index in [9.17, 15) is 13.2 Å². The van der Waals surface area contributed by atoms with Gasteiger partial charge in [0.2, 0.25) is 15.9 Å². The lowest BCUT2D eigenvalue weighted by molar-refractivity contribution is -0.122. The van der Waals surface area contributed by atoms with E-state index in [1.807, 2.05) is 13.8 Å². The lowest BCUT2D eigenvalue weighted by Gasteiger charge is -2.41. The summed E-state index contributed by atoms with van der Waals surface area (Å²) in [6.45, 7) is 10.6. The molecule has 0 saturated carbocycles. The van der Waals surface area contributed by atoms with Crippen LogP contribution in [0.15, 0.2) is 29.2 Å². The zero-order chi connectivity index (χ0) is 19.4. The van der Waals surface area contributed by atoms with E-state index in [0.29, 0.717) is 38.5 Å². The van der Waals surface area contributed by atoms with Crippen molar-refractivity contribution >= 4 is 21.6 Å². The molecule has 146 valence electrons. The first-order valence-corrected chi connectivity index (χ1v) is 10.4. The van der Waals surface area contributed by atoms with Crippen LogP contribution in [0.5, 0.6) is 0 Å². The lowest BCUT2D eigenvalue weighted by Crippen LogP contribution is -2.55. The summed E-state index contributed by atoms with van der Waals surface area (Å²) in [5, 5.41) is 2.81. The molecular weight excluding hydrogens is 354 g/mol. The van der Waals surface area contributed by atoms with E-state index in [1.54, 1.807) is 32.0 Å². The summed E-state index contributed by atoms with van der Waals surface area (Å²) in [5.41, 5.74) is 0.276. The molecular formula is C18H29N3O4S. The van der Waals surface area contributed by atoms with Crippen LogP contribution < -0.4 is 5.32 Å². The number of carbonyl (C=O) groups is 1. The van der Waals surface area contributed by atoms with Gasteiger partial charge in [0.25, 0.3) is 0 Å². The fourth-order valence-electron chi connectivity index (χ4n) is 3.00. The van der Waals surface area contributed by atoms with E-state index in [-0.39, 0.29) is 22.9 Å². The Morgan fingerprint density at radius 3 is 2.62 bits per heavy atom. The van der Waals surface area contributed by atoms with Crippen LogP contribution in [0.25, 0.3) is 0 Å². The molecule has 1 amide bonds. The Balaban J connectivity index is 2.10. The van der Waals surface area contributed by atoms with E-state index in [2.05, 4.69) is 10.2 Å². The number of carbonyl (C=O) groups excluding carboxylic acids is 1. The van der Waals surface area contributed by atoms with Gasteiger partial charge in [-0.05, 0) is 32.0 Å². The molecule has 0 unspecified atom stereocenters. The van der Waals surface area contributed by atoms with Gasteiger partial charge in [-0.3, -0.25) is 9.69 Å². The number of benzene rings is 1. The van der Waals surface area contributed by atoms with Crippen molar-refractivity contribution in [1.82, 2.24) is 9.21 Å². The van der Waals surface area contributed by atoms with Crippen LogP contribution in [0.4, 0.5) is 5.69 Å². The summed E-state index contributed by atoms with van der Waals surface area (Å²) in [7, 11) is -3.55. The quantitative estimate of drug-likeness (QED) is 0.776. The van der Waals surface area contributed by atoms with Crippen molar-refractivity contribution in [2.45, 2.75) is 38.1 Å². The molecule has 1 N–H and O–H groups in total. The second-order valence-corrected chi connectivity index (χ2v) is 8.89. The smallest absolute Gasteiger partial charge is 0.243 e. The van der Waals surface area contributed by atoms with Gasteiger partial charge < -0.3 is 10.1 Å². The van der Waals surface area contributed by atoms with Gasteiger partial charge in [-0.1, -0.05) is 19.9 Å². The van der Waals surface area contributed by atoms with Crippen molar-refractivity contribution in [1.29, 1.82) is 0 Å². The van der Waals surface area contributed by atoms with Crippen LogP contribution in [0.2, 0.25) is 0 Å². The molecule has 8 heteroatoms. The van der Waals surface area contributed by atoms with Gasteiger partial charge in [-0.15, -0.1) is 0 Å². The highest BCUT2D eigenvalue weighted by Gasteiger charge is 2.31. The van der Waals surface area contributed by atoms with Gasteiger partial charge in [0, 0.05) is 30.9 Å². The van der Waals surface area contributed by atoms with Crippen molar-refractivity contribution in [2.75, 3.05) is 44.7 Å². The molecule has 1 aromatic rings. The van der Waals surface area contributed by atoms with Crippen LogP contribution >= 0.6 is 0 Å². The molecule has 1 aliphatic heterocycles. The normalized spacial score (nSPS) is 18.0. The molecule has 7 nitrogen and oxygen atoms in total. The number of ether oxygens (including phenoxy) is 1. The number of nitrogens with one attached hydrogen (secondary N) is 1. The maximum absolute atomic E-state index is 12.6. The Labute approximate surface area is 156 Å². The maximum atomic E-state index is 12.6. The summed E-state index contributed by atoms with van der Waals surface area (Å²) in [5.74, 6) is -0.169. The Morgan fingerprint density at radius 2 is 2.00 bits per heavy atom. The molecule has 26 heavy (non-hydrogen) atoms. The van der Waals surface area contributed by atoms with E-state index in [1.165, 1.54) is 10.4 Å². The minimum absolute atomic E-state index is 0.169. The first-order chi connectivity index (χ1) is 12.2. The minimum Gasteiger partial charge on any atom is -0.378 e. The second-order valence-electron chi connectivity index (χ2n) is 6.95. The van der Waals surface area contributed by atoms with E-state index >= 15 is 0 Å². The number of sulfonamides is 1. The number of amides is 1. The fraction of sp³-hybridized carbons (Fsp3) is 0.611. The molecule has 0 bridgehead atoms. The highest BCUT2D eigenvalue weighted by molar-refractivity contribution is 7.89. The van der Waals surface area contributed by atoms with Gasteiger partial charge in [0.05, 0.1) is 24.7 Å². The number of rotatable bonds is 7. The molecule has 1 heterocycles. The second kappa shape index (κ2) is 8.47. The predicted molar refractivity (Wildman–Crippen MR) is 102 cm³/mol. The van der Waals surface area contributed by atoms with Crippen molar-refractivity contribution in [2.24, 2.45) is 0 Å².